The number of aromatic nitrogens is 1. The molecule has 0 fully saturated rings. The number of hydrogen-bond donors (Lipinski definition) is 1. The predicted molar refractivity (Wildman–Crippen MR) is 84.2 cm³/mol. The highest BCUT2D eigenvalue weighted by atomic mass is 16.5. The van der Waals surface area contributed by atoms with Crippen LogP contribution in [0.25, 0.3) is 10.9 Å². The van der Waals surface area contributed by atoms with Gasteiger partial charge in [-0.25, -0.2) is 0 Å². The van der Waals surface area contributed by atoms with Crippen LogP contribution in [0.4, 0.5) is 0 Å². The van der Waals surface area contributed by atoms with Crippen LogP contribution in [0.5, 0.6) is 0 Å². The summed E-state index contributed by atoms with van der Waals surface area (Å²) < 4.78 is 5.00. The van der Waals surface area contributed by atoms with Crippen LogP contribution in [-0.2, 0) is 11.2 Å². The first kappa shape index (κ1) is 14.9. The maximum atomic E-state index is 5.00. The van der Waals surface area contributed by atoms with Crippen molar-refractivity contribution in [3.8, 4) is 0 Å². The van der Waals surface area contributed by atoms with Crippen LogP contribution in [0.3, 0.4) is 0 Å². The van der Waals surface area contributed by atoms with Crippen LogP contribution in [-0.4, -0.2) is 31.8 Å². The Kier molecular flexibility index (Phi) is 5.96. The van der Waals surface area contributed by atoms with Gasteiger partial charge in [-0.2, -0.15) is 0 Å². The number of ether oxygens (including phenoxy) is 1. The van der Waals surface area contributed by atoms with E-state index < -0.39 is 0 Å². The van der Waals surface area contributed by atoms with Crippen molar-refractivity contribution in [1.82, 2.24) is 10.3 Å². The first-order chi connectivity index (χ1) is 9.79. The Labute approximate surface area is 121 Å². The van der Waals surface area contributed by atoms with Crippen molar-refractivity contribution in [3.05, 3.63) is 41.6 Å². The lowest BCUT2D eigenvalue weighted by Gasteiger charge is -2.06. The first-order valence-electron chi connectivity index (χ1n) is 7.35. The Bertz CT molecular complexity index is 540. The predicted octanol–water partition coefficient (Wildman–Crippen LogP) is 3.10. The number of aryl methyl sites for hydroxylation is 2. The number of pyridine rings is 1. The Morgan fingerprint density at radius 2 is 2.00 bits per heavy atom. The lowest BCUT2D eigenvalue weighted by molar-refractivity contribution is 0.199. The van der Waals surface area contributed by atoms with Gasteiger partial charge in [-0.3, -0.25) is 4.98 Å². The van der Waals surface area contributed by atoms with Crippen molar-refractivity contribution >= 4 is 10.9 Å². The second kappa shape index (κ2) is 7.98. The minimum Gasteiger partial charge on any atom is -0.383 e. The van der Waals surface area contributed by atoms with Crippen LogP contribution in [0.1, 0.15) is 24.1 Å². The van der Waals surface area contributed by atoms with Crippen molar-refractivity contribution < 1.29 is 4.74 Å². The average Bonchev–Trinajstić information content (AvgIpc) is 2.46. The molecule has 1 aromatic carbocycles. The Morgan fingerprint density at radius 1 is 1.10 bits per heavy atom. The third kappa shape index (κ3) is 4.58. The van der Waals surface area contributed by atoms with E-state index in [2.05, 4.69) is 40.6 Å². The summed E-state index contributed by atoms with van der Waals surface area (Å²) in [6.45, 7) is 4.83. The third-order valence-corrected chi connectivity index (χ3v) is 3.44. The molecular formula is C17H24N2O. The van der Waals surface area contributed by atoms with E-state index in [0.717, 1.165) is 37.3 Å². The zero-order chi connectivity index (χ0) is 14.2. The number of hydrogen-bond acceptors (Lipinski definition) is 3. The molecule has 0 atom stereocenters. The van der Waals surface area contributed by atoms with Gasteiger partial charge in [-0.15, -0.1) is 0 Å². The van der Waals surface area contributed by atoms with E-state index in [1.807, 2.05) is 6.92 Å². The first-order valence-corrected chi connectivity index (χ1v) is 7.35. The summed E-state index contributed by atoms with van der Waals surface area (Å²) in [6.07, 6.45) is 3.55. The second-order valence-corrected chi connectivity index (χ2v) is 5.18. The van der Waals surface area contributed by atoms with Crippen molar-refractivity contribution in [2.24, 2.45) is 0 Å². The molecule has 3 nitrogen and oxygen atoms in total. The molecule has 0 spiro atoms. The van der Waals surface area contributed by atoms with Gasteiger partial charge in [-0.1, -0.05) is 12.1 Å². The molecule has 2 rings (SSSR count). The van der Waals surface area contributed by atoms with Crippen LogP contribution in [0, 0.1) is 6.92 Å². The standard InChI is InChI=1S/C17H24N2O/c1-14-6-8-16-13-15(7-9-17(16)19-14)5-3-4-10-18-11-12-20-2/h6-9,13,18H,3-5,10-12H2,1-2H3. The van der Waals surface area contributed by atoms with Gasteiger partial charge in [0.25, 0.3) is 0 Å². The Morgan fingerprint density at radius 3 is 2.85 bits per heavy atom. The monoisotopic (exact) mass is 272 g/mol. The van der Waals surface area contributed by atoms with Gasteiger partial charge in [0.1, 0.15) is 0 Å². The molecule has 2 aromatic rings. The molecular weight excluding hydrogens is 248 g/mol. The lowest BCUT2D eigenvalue weighted by atomic mass is 10.1. The SMILES string of the molecule is COCCNCCCCc1ccc2nc(C)ccc2c1. The number of rotatable bonds is 8. The molecule has 0 aliphatic carbocycles. The summed E-state index contributed by atoms with van der Waals surface area (Å²) >= 11 is 0. The Hall–Kier alpha value is -1.45. The van der Waals surface area contributed by atoms with Crippen molar-refractivity contribution in [3.63, 3.8) is 0 Å². The van der Waals surface area contributed by atoms with Crippen LogP contribution in [0.2, 0.25) is 0 Å². The fraction of sp³-hybridized carbons (Fsp3) is 0.471. The van der Waals surface area contributed by atoms with Crippen molar-refractivity contribution in [2.75, 3.05) is 26.8 Å². The average molecular weight is 272 g/mol. The smallest absolute Gasteiger partial charge is 0.0705 e. The highest BCUT2D eigenvalue weighted by Gasteiger charge is 1.99. The van der Waals surface area contributed by atoms with E-state index in [0.29, 0.717) is 0 Å². The highest BCUT2D eigenvalue weighted by Crippen LogP contribution is 2.16. The minimum atomic E-state index is 0.789. The fourth-order valence-electron chi connectivity index (χ4n) is 2.31. The molecule has 108 valence electrons. The molecule has 0 bridgehead atoms. The molecule has 3 heteroatoms. The molecule has 1 heterocycles. The zero-order valence-electron chi connectivity index (χ0n) is 12.5. The van der Waals surface area contributed by atoms with Gasteiger partial charge in [0.2, 0.25) is 0 Å². The van der Waals surface area contributed by atoms with Gasteiger partial charge in [0.15, 0.2) is 0 Å². The molecule has 0 aliphatic heterocycles. The van der Waals surface area contributed by atoms with Gasteiger partial charge in [0, 0.05) is 24.7 Å². The normalized spacial score (nSPS) is 11.1. The number of benzene rings is 1. The Balaban J connectivity index is 1.77. The van der Waals surface area contributed by atoms with E-state index in [1.54, 1.807) is 7.11 Å². The second-order valence-electron chi connectivity index (χ2n) is 5.18. The van der Waals surface area contributed by atoms with E-state index in [1.165, 1.54) is 23.8 Å². The fourth-order valence-corrected chi connectivity index (χ4v) is 2.31. The topological polar surface area (TPSA) is 34.1 Å². The quantitative estimate of drug-likeness (QED) is 0.750. The number of unbranched alkanes of at least 4 members (excludes halogenated alkanes) is 1. The number of fused-ring (bicyclic) bond motifs is 1. The van der Waals surface area contributed by atoms with Crippen LogP contribution >= 0.6 is 0 Å². The number of nitrogens with zero attached hydrogens (tertiary/aromatic N) is 1. The molecule has 1 aromatic heterocycles. The third-order valence-electron chi connectivity index (χ3n) is 3.44. The van der Waals surface area contributed by atoms with E-state index >= 15 is 0 Å². The van der Waals surface area contributed by atoms with E-state index in [-0.39, 0.29) is 0 Å². The summed E-state index contributed by atoms with van der Waals surface area (Å²) in [6, 6.07) is 10.8. The summed E-state index contributed by atoms with van der Waals surface area (Å²) in [5, 5.41) is 4.62. The highest BCUT2D eigenvalue weighted by molar-refractivity contribution is 5.79. The maximum Gasteiger partial charge on any atom is 0.0705 e. The van der Waals surface area contributed by atoms with Crippen molar-refractivity contribution in [1.29, 1.82) is 0 Å². The van der Waals surface area contributed by atoms with Gasteiger partial charge < -0.3 is 10.1 Å². The van der Waals surface area contributed by atoms with Gasteiger partial charge in [-0.05, 0) is 56.5 Å². The number of nitrogens with one attached hydrogen (secondary N) is 1. The van der Waals surface area contributed by atoms with Crippen molar-refractivity contribution in [2.45, 2.75) is 26.2 Å². The molecule has 0 aliphatic rings. The maximum absolute atomic E-state index is 5.00. The van der Waals surface area contributed by atoms with Gasteiger partial charge in [0.05, 0.1) is 12.1 Å². The molecule has 0 radical (unpaired) electrons. The minimum absolute atomic E-state index is 0.789. The van der Waals surface area contributed by atoms with Crippen LogP contribution in [0.15, 0.2) is 30.3 Å². The van der Waals surface area contributed by atoms with E-state index in [9.17, 15) is 0 Å². The molecule has 0 amide bonds. The molecule has 0 saturated carbocycles. The molecule has 1 N–H and O–H groups in total. The number of methoxy groups -OCH3 is 1. The lowest BCUT2D eigenvalue weighted by Crippen LogP contribution is -2.20. The summed E-state index contributed by atoms with van der Waals surface area (Å²) in [5.74, 6) is 0. The molecule has 20 heavy (non-hydrogen) atoms. The summed E-state index contributed by atoms with van der Waals surface area (Å²) in [7, 11) is 1.73. The molecule has 0 saturated heterocycles. The van der Waals surface area contributed by atoms with E-state index in [4.69, 9.17) is 4.74 Å². The summed E-state index contributed by atoms with van der Waals surface area (Å²) in [5.41, 5.74) is 3.57. The van der Waals surface area contributed by atoms with Gasteiger partial charge >= 0.3 is 0 Å². The molecule has 0 unspecified atom stereocenters. The summed E-state index contributed by atoms with van der Waals surface area (Å²) in [4.78, 5) is 4.53. The zero-order valence-corrected chi connectivity index (χ0v) is 12.5. The largest absolute Gasteiger partial charge is 0.383 e. The van der Waals surface area contributed by atoms with Crippen LogP contribution < -0.4 is 5.32 Å².